The quantitative estimate of drug-likeness (QED) is 0.817. The summed E-state index contributed by atoms with van der Waals surface area (Å²) in [4.78, 5) is 6.12. The predicted molar refractivity (Wildman–Crippen MR) is 70.0 cm³/mol. The van der Waals surface area contributed by atoms with Gasteiger partial charge in [-0.3, -0.25) is 0 Å². The van der Waals surface area contributed by atoms with Crippen LogP contribution in [0.1, 0.15) is 32.1 Å². The van der Waals surface area contributed by atoms with E-state index in [4.69, 9.17) is 0 Å². The minimum absolute atomic E-state index is 0.409. The summed E-state index contributed by atoms with van der Waals surface area (Å²) in [5.41, 5.74) is 0.857. The lowest BCUT2D eigenvalue weighted by Gasteiger charge is -2.47. The molecule has 2 unspecified atom stereocenters. The first-order valence-corrected chi connectivity index (χ1v) is 6.82. The Balaban J connectivity index is 1.68. The molecule has 2 aliphatic rings. The first-order valence-electron chi connectivity index (χ1n) is 6.82. The maximum Gasteiger partial charge on any atom is 0.214 e. The van der Waals surface area contributed by atoms with E-state index in [9.17, 15) is 4.39 Å². The van der Waals surface area contributed by atoms with Crippen LogP contribution in [-0.2, 0) is 0 Å². The number of hydrogen-bond donors (Lipinski definition) is 1. The average molecular weight is 249 g/mol. The molecule has 3 heterocycles. The van der Waals surface area contributed by atoms with Gasteiger partial charge in [0.2, 0.25) is 5.95 Å². The van der Waals surface area contributed by atoms with Crippen molar-refractivity contribution < 1.29 is 4.39 Å². The molecule has 0 amide bonds. The van der Waals surface area contributed by atoms with Gasteiger partial charge in [-0.15, -0.1) is 0 Å². The lowest BCUT2D eigenvalue weighted by molar-refractivity contribution is 0.0608. The maximum absolute atomic E-state index is 13.1. The molecular formula is C14H20FN3. The Morgan fingerprint density at radius 3 is 2.72 bits per heavy atom. The van der Waals surface area contributed by atoms with Crippen LogP contribution in [0, 0.1) is 5.95 Å². The van der Waals surface area contributed by atoms with Crippen LogP contribution in [0.2, 0.25) is 0 Å². The summed E-state index contributed by atoms with van der Waals surface area (Å²) in [5.74, 6) is -0.409. The Morgan fingerprint density at radius 2 is 2.06 bits per heavy atom. The van der Waals surface area contributed by atoms with Gasteiger partial charge >= 0.3 is 0 Å². The average Bonchev–Trinajstić information content (AvgIpc) is 2.30. The normalized spacial score (nSPS) is 32.2. The van der Waals surface area contributed by atoms with Gasteiger partial charge in [0.15, 0.2) is 0 Å². The third kappa shape index (κ3) is 2.34. The molecule has 2 atom stereocenters. The Bertz CT molecular complexity index is 409. The fraction of sp³-hybridized carbons (Fsp3) is 0.643. The van der Waals surface area contributed by atoms with Crippen molar-refractivity contribution in [3.8, 4) is 0 Å². The van der Waals surface area contributed by atoms with Crippen LogP contribution in [0.15, 0.2) is 18.3 Å². The van der Waals surface area contributed by atoms with Crippen LogP contribution in [0.25, 0.3) is 0 Å². The monoisotopic (exact) mass is 249 g/mol. The summed E-state index contributed by atoms with van der Waals surface area (Å²) >= 11 is 0. The van der Waals surface area contributed by atoms with E-state index in [1.54, 1.807) is 0 Å². The van der Waals surface area contributed by atoms with E-state index in [1.807, 2.05) is 6.07 Å². The van der Waals surface area contributed by atoms with Crippen molar-refractivity contribution in [2.75, 3.05) is 12.4 Å². The van der Waals surface area contributed by atoms with Crippen LogP contribution in [0.3, 0.4) is 0 Å². The van der Waals surface area contributed by atoms with Gasteiger partial charge in [-0.05, 0) is 38.8 Å². The highest BCUT2D eigenvalue weighted by Gasteiger charge is 2.35. The molecule has 4 heteroatoms. The molecule has 0 saturated carbocycles. The van der Waals surface area contributed by atoms with E-state index in [0.717, 1.165) is 18.5 Å². The molecule has 1 aromatic heterocycles. The minimum atomic E-state index is -0.409. The largest absolute Gasteiger partial charge is 0.382 e. The molecule has 98 valence electrons. The van der Waals surface area contributed by atoms with Gasteiger partial charge in [0.1, 0.15) is 0 Å². The van der Waals surface area contributed by atoms with Gasteiger partial charge in [0.25, 0.3) is 0 Å². The molecule has 2 bridgehead atoms. The fourth-order valence-electron chi connectivity index (χ4n) is 3.46. The number of nitrogens with zero attached hydrogens (tertiary/aromatic N) is 2. The van der Waals surface area contributed by atoms with E-state index in [1.165, 1.54) is 31.5 Å². The van der Waals surface area contributed by atoms with Crippen molar-refractivity contribution in [3.63, 3.8) is 0 Å². The number of halogens is 1. The number of piperidine rings is 2. The second-order valence-electron chi connectivity index (χ2n) is 5.58. The lowest BCUT2D eigenvalue weighted by Crippen LogP contribution is -2.52. The van der Waals surface area contributed by atoms with Gasteiger partial charge in [-0.25, -0.2) is 4.98 Å². The van der Waals surface area contributed by atoms with Crippen LogP contribution in [-0.4, -0.2) is 35.1 Å². The van der Waals surface area contributed by atoms with Crippen LogP contribution >= 0.6 is 0 Å². The first kappa shape index (κ1) is 11.9. The number of aromatic nitrogens is 1. The number of rotatable bonds is 2. The third-order valence-corrected chi connectivity index (χ3v) is 4.44. The van der Waals surface area contributed by atoms with Gasteiger partial charge in [0, 0.05) is 36.1 Å². The summed E-state index contributed by atoms with van der Waals surface area (Å²) in [6.07, 6.45) is 7.81. The van der Waals surface area contributed by atoms with E-state index in [2.05, 4.69) is 22.2 Å². The highest BCUT2D eigenvalue weighted by atomic mass is 19.1. The third-order valence-electron chi connectivity index (χ3n) is 4.44. The molecule has 2 saturated heterocycles. The molecule has 0 aliphatic carbocycles. The summed E-state index contributed by atoms with van der Waals surface area (Å²) in [6, 6.07) is 5.19. The number of pyridine rings is 1. The van der Waals surface area contributed by atoms with E-state index in [0.29, 0.717) is 18.1 Å². The summed E-state index contributed by atoms with van der Waals surface area (Å²) in [6.45, 7) is 0. The van der Waals surface area contributed by atoms with Crippen molar-refractivity contribution in [1.82, 2.24) is 9.88 Å². The highest BCUT2D eigenvalue weighted by molar-refractivity contribution is 5.42. The van der Waals surface area contributed by atoms with E-state index in [-0.39, 0.29) is 0 Å². The zero-order chi connectivity index (χ0) is 12.5. The fourth-order valence-corrected chi connectivity index (χ4v) is 3.46. The SMILES string of the molecule is CN1C2CCCC1CC(Nc1ccnc(F)c1)C2. The predicted octanol–water partition coefficient (Wildman–Crippen LogP) is 2.65. The van der Waals surface area contributed by atoms with Gasteiger partial charge in [-0.2, -0.15) is 4.39 Å². The lowest BCUT2D eigenvalue weighted by atomic mass is 9.82. The smallest absolute Gasteiger partial charge is 0.214 e. The van der Waals surface area contributed by atoms with Crippen molar-refractivity contribution in [3.05, 3.63) is 24.3 Å². The second kappa shape index (κ2) is 4.84. The molecule has 2 fully saturated rings. The van der Waals surface area contributed by atoms with E-state index < -0.39 is 5.95 Å². The molecule has 3 nitrogen and oxygen atoms in total. The number of anilines is 1. The summed E-state index contributed by atoms with van der Waals surface area (Å²) < 4.78 is 13.1. The first-order chi connectivity index (χ1) is 8.72. The van der Waals surface area contributed by atoms with Crippen molar-refractivity contribution >= 4 is 5.69 Å². The van der Waals surface area contributed by atoms with Gasteiger partial charge in [0.05, 0.1) is 0 Å². The van der Waals surface area contributed by atoms with Crippen LogP contribution < -0.4 is 5.32 Å². The van der Waals surface area contributed by atoms with Crippen LogP contribution in [0.4, 0.5) is 10.1 Å². The molecule has 18 heavy (non-hydrogen) atoms. The minimum Gasteiger partial charge on any atom is -0.382 e. The standard InChI is InChI=1S/C14H20FN3/c1-18-12-3-2-4-13(18)8-11(7-12)17-10-5-6-16-14(15)9-10/h5-6,9,11-13H,2-4,7-8H2,1H3,(H,16,17). The molecule has 3 rings (SSSR count). The summed E-state index contributed by atoms with van der Waals surface area (Å²) in [7, 11) is 2.25. The second-order valence-corrected chi connectivity index (χ2v) is 5.58. The zero-order valence-corrected chi connectivity index (χ0v) is 10.8. The van der Waals surface area contributed by atoms with Crippen LogP contribution in [0.5, 0.6) is 0 Å². The number of nitrogens with one attached hydrogen (secondary N) is 1. The maximum atomic E-state index is 13.1. The molecule has 0 radical (unpaired) electrons. The number of fused-ring (bicyclic) bond motifs is 2. The Morgan fingerprint density at radius 1 is 1.33 bits per heavy atom. The van der Waals surface area contributed by atoms with Crippen molar-refractivity contribution in [1.29, 1.82) is 0 Å². The molecule has 1 N–H and O–H groups in total. The molecule has 0 aromatic carbocycles. The van der Waals surface area contributed by atoms with E-state index >= 15 is 0 Å². The van der Waals surface area contributed by atoms with Gasteiger partial charge < -0.3 is 10.2 Å². The molecule has 0 spiro atoms. The Labute approximate surface area is 107 Å². The number of hydrogen-bond acceptors (Lipinski definition) is 3. The Kier molecular flexibility index (Phi) is 3.20. The topological polar surface area (TPSA) is 28.2 Å². The van der Waals surface area contributed by atoms with Crippen molar-refractivity contribution in [2.24, 2.45) is 0 Å². The molecular weight excluding hydrogens is 229 g/mol. The molecule has 1 aromatic rings. The van der Waals surface area contributed by atoms with Crippen molar-refractivity contribution in [2.45, 2.75) is 50.2 Å². The molecule has 2 aliphatic heterocycles. The van der Waals surface area contributed by atoms with Gasteiger partial charge in [-0.1, -0.05) is 6.42 Å². The Hall–Kier alpha value is -1.16. The summed E-state index contributed by atoms with van der Waals surface area (Å²) in [5, 5.41) is 3.46. The highest BCUT2D eigenvalue weighted by Crippen LogP contribution is 2.33. The zero-order valence-electron chi connectivity index (χ0n) is 10.8.